The molecule has 0 radical (unpaired) electrons. The molecule has 0 spiro atoms. The molecule has 9 heteroatoms. The number of benzene rings is 1. The molecule has 3 heterocycles. The topological polar surface area (TPSA) is 90.2 Å². The zero-order valence-corrected chi connectivity index (χ0v) is 17.0. The first kappa shape index (κ1) is 19.5. The van der Waals surface area contributed by atoms with Crippen molar-refractivity contribution >= 4 is 23.4 Å². The molecule has 0 unspecified atom stereocenters. The fourth-order valence-corrected chi connectivity index (χ4v) is 4.41. The van der Waals surface area contributed by atoms with Crippen molar-refractivity contribution in [2.75, 3.05) is 18.0 Å². The lowest BCUT2D eigenvalue weighted by atomic mass is 10.00. The van der Waals surface area contributed by atoms with Crippen molar-refractivity contribution < 1.29 is 9.34 Å². The second-order valence-corrected chi connectivity index (χ2v) is 8.23. The number of hydrogen-bond acceptors (Lipinski definition) is 7. The second kappa shape index (κ2) is 8.69. The maximum absolute atomic E-state index is 11.3. The molecule has 4 rings (SSSR count). The molecule has 1 fully saturated rings. The summed E-state index contributed by atoms with van der Waals surface area (Å²) in [5.74, 6) is 2.83. The van der Waals surface area contributed by atoms with Gasteiger partial charge in [0.2, 0.25) is 5.95 Å². The summed E-state index contributed by atoms with van der Waals surface area (Å²) in [7, 11) is 0. The van der Waals surface area contributed by atoms with Gasteiger partial charge in [0, 0.05) is 30.5 Å². The maximum atomic E-state index is 11.3. The van der Waals surface area contributed by atoms with Crippen LogP contribution in [0, 0.1) is 16.0 Å². The van der Waals surface area contributed by atoms with E-state index in [2.05, 4.69) is 22.0 Å². The Bertz CT molecular complexity index is 964. The number of thioether (sulfide) groups is 1. The molecule has 3 aromatic rings. The Hall–Kier alpha value is -2.81. The van der Waals surface area contributed by atoms with E-state index in [0.717, 1.165) is 48.7 Å². The molecule has 0 N–H and O–H groups in total. The summed E-state index contributed by atoms with van der Waals surface area (Å²) < 4.78 is 7.59. The normalized spacial score (nSPS) is 15.0. The van der Waals surface area contributed by atoms with Gasteiger partial charge in [-0.05, 0) is 30.9 Å². The number of nitro groups is 1. The molecule has 8 nitrogen and oxygen atoms in total. The van der Waals surface area contributed by atoms with Crippen molar-refractivity contribution in [1.29, 1.82) is 0 Å². The fourth-order valence-electron chi connectivity index (χ4n) is 3.48. The fraction of sp³-hybridized carbons (Fsp3) is 0.400. The molecule has 2 aromatic heterocycles. The lowest BCUT2D eigenvalue weighted by Crippen LogP contribution is -2.35. The first-order valence-corrected chi connectivity index (χ1v) is 10.7. The number of rotatable bonds is 7. The molecule has 0 atom stereocenters. The molecule has 1 aliphatic rings. The molecule has 1 aromatic carbocycles. The predicted octanol–water partition coefficient (Wildman–Crippen LogP) is 4.36. The molecular weight excluding hydrogens is 390 g/mol. The first-order valence-electron chi connectivity index (χ1n) is 9.67. The molecule has 0 bridgehead atoms. The summed E-state index contributed by atoms with van der Waals surface area (Å²) in [6.45, 7) is 4.71. The number of aromatic nitrogens is 3. The van der Waals surface area contributed by atoms with Crippen molar-refractivity contribution in [3.8, 4) is 0 Å². The van der Waals surface area contributed by atoms with Crippen molar-refractivity contribution in [2.24, 2.45) is 5.92 Å². The minimum Gasteiger partial charge on any atom is -0.467 e. The molecule has 1 saturated heterocycles. The van der Waals surface area contributed by atoms with Crippen LogP contribution < -0.4 is 4.90 Å². The third kappa shape index (κ3) is 4.45. The molecule has 0 amide bonds. The van der Waals surface area contributed by atoms with Crippen LogP contribution in [0.2, 0.25) is 0 Å². The third-order valence-electron chi connectivity index (χ3n) is 5.20. The van der Waals surface area contributed by atoms with E-state index < -0.39 is 0 Å². The average molecular weight is 414 g/mol. The second-order valence-electron chi connectivity index (χ2n) is 7.29. The van der Waals surface area contributed by atoms with E-state index in [9.17, 15) is 10.1 Å². The lowest BCUT2D eigenvalue weighted by Gasteiger charge is -2.31. The van der Waals surface area contributed by atoms with Gasteiger partial charge in [-0.25, -0.2) is 0 Å². The monoisotopic (exact) mass is 413 g/mol. The number of hydrogen-bond donors (Lipinski definition) is 0. The van der Waals surface area contributed by atoms with Crippen LogP contribution in [0.15, 0.2) is 52.2 Å². The number of piperidine rings is 1. The Morgan fingerprint density at radius 2 is 2.00 bits per heavy atom. The van der Waals surface area contributed by atoms with Gasteiger partial charge in [-0.3, -0.25) is 14.7 Å². The van der Waals surface area contributed by atoms with Crippen molar-refractivity contribution in [3.05, 3.63) is 64.1 Å². The van der Waals surface area contributed by atoms with Gasteiger partial charge in [0.1, 0.15) is 5.76 Å². The largest absolute Gasteiger partial charge is 0.467 e. The summed E-state index contributed by atoms with van der Waals surface area (Å²) in [5, 5.41) is 20.9. The van der Waals surface area contributed by atoms with Gasteiger partial charge >= 0.3 is 0 Å². The van der Waals surface area contributed by atoms with E-state index in [4.69, 9.17) is 4.42 Å². The summed E-state index contributed by atoms with van der Waals surface area (Å²) >= 11 is 1.46. The van der Waals surface area contributed by atoms with Crippen molar-refractivity contribution in [1.82, 2.24) is 14.8 Å². The zero-order chi connectivity index (χ0) is 20.2. The van der Waals surface area contributed by atoms with Crippen LogP contribution in [-0.4, -0.2) is 32.8 Å². The Kier molecular flexibility index (Phi) is 5.84. The van der Waals surface area contributed by atoms with Gasteiger partial charge in [-0.1, -0.05) is 36.9 Å². The Balaban J connectivity index is 1.58. The molecule has 29 heavy (non-hydrogen) atoms. The summed E-state index contributed by atoms with van der Waals surface area (Å²) in [4.78, 5) is 13.2. The van der Waals surface area contributed by atoms with Crippen LogP contribution in [0.4, 0.5) is 11.6 Å². The Morgan fingerprint density at radius 1 is 1.21 bits per heavy atom. The van der Waals surface area contributed by atoms with Crippen molar-refractivity contribution in [3.63, 3.8) is 0 Å². The van der Waals surface area contributed by atoms with E-state index in [1.165, 1.54) is 17.8 Å². The lowest BCUT2D eigenvalue weighted by molar-refractivity contribution is -0.385. The first-order chi connectivity index (χ1) is 14.1. The highest BCUT2D eigenvalue weighted by Gasteiger charge is 2.24. The number of anilines is 1. The molecule has 0 saturated carbocycles. The molecule has 152 valence electrons. The number of furan rings is 1. The molecule has 0 aliphatic carbocycles. The minimum absolute atomic E-state index is 0.127. The van der Waals surface area contributed by atoms with Crippen LogP contribution in [0.1, 0.15) is 31.1 Å². The van der Waals surface area contributed by atoms with Crippen LogP contribution >= 0.6 is 11.8 Å². The number of nitrogens with zero attached hydrogens (tertiary/aromatic N) is 5. The van der Waals surface area contributed by atoms with E-state index in [1.807, 2.05) is 22.8 Å². The highest BCUT2D eigenvalue weighted by molar-refractivity contribution is 7.98. The number of para-hydroxylation sites is 1. The van der Waals surface area contributed by atoms with Gasteiger partial charge in [-0.2, -0.15) is 0 Å². The van der Waals surface area contributed by atoms with Crippen LogP contribution in [0.3, 0.4) is 0 Å². The van der Waals surface area contributed by atoms with Gasteiger partial charge in [0.05, 0.1) is 17.7 Å². The predicted molar refractivity (Wildman–Crippen MR) is 111 cm³/mol. The summed E-state index contributed by atoms with van der Waals surface area (Å²) in [6.07, 6.45) is 3.92. The standard InChI is InChI=1S/C20H23N5O3S/c1-15-8-10-23(11-9-15)19-21-22-20(24(19)13-17-6-4-12-28-17)29-14-16-5-2-3-7-18(16)25(26)27/h2-7,12,15H,8-11,13-14H2,1H3. The summed E-state index contributed by atoms with van der Waals surface area (Å²) in [6, 6.07) is 10.6. The van der Waals surface area contributed by atoms with E-state index >= 15 is 0 Å². The number of nitro benzene ring substituents is 1. The van der Waals surface area contributed by atoms with Gasteiger partial charge in [0.25, 0.3) is 5.69 Å². The van der Waals surface area contributed by atoms with Crippen LogP contribution in [0.25, 0.3) is 0 Å². The average Bonchev–Trinajstić information content (AvgIpc) is 3.38. The van der Waals surface area contributed by atoms with Gasteiger partial charge in [-0.15, -0.1) is 10.2 Å². The highest BCUT2D eigenvalue weighted by atomic mass is 32.2. The highest BCUT2D eigenvalue weighted by Crippen LogP contribution is 2.31. The van der Waals surface area contributed by atoms with Gasteiger partial charge < -0.3 is 9.32 Å². The molecule has 1 aliphatic heterocycles. The van der Waals surface area contributed by atoms with Crippen LogP contribution in [-0.2, 0) is 12.3 Å². The van der Waals surface area contributed by atoms with Gasteiger partial charge in [0.15, 0.2) is 5.16 Å². The van der Waals surface area contributed by atoms with E-state index in [1.54, 1.807) is 18.4 Å². The SMILES string of the molecule is CC1CCN(c2nnc(SCc3ccccc3[N+](=O)[O-])n2Cc2ccco2)CC1. The Morgan fingerprint density at radius 3 is 2.72 bits per heavy atom. The van der Waals surface area contributed by atoms with E-state index in [0.29, 0.717) is 17.9 Å². The smallest absolute Gasteiger partial charge is 0.273 e. The minimum atomic E-state index is -0.343. The maximum Gasteiger partial charge on any atom is 0.273 e. The quantitative estimate of drug-likeness (QED) is 0.323. The third-order valence-corrected chi connectivity index (χ3v) is 6.22. The molecular formula is C20H23N5O3S. The van der Waals surface area contributed by atoms with Crippen molar-refractivity contribution in [2.45, 2.75) is 37.2 Å². The van der Waals surface area contributed by atoms with Crippen LogP contribution in [0.5, 0.6) is 0 Å². The Labute approximate surface area is 173 Å². The summed E-state index contributed by atoms with van der Waals surface area (Å²) in [5.41, 5.74) is 0.797. The van der Waals surface area contributed by atoms with E-state index in [-0.39, 0.29) is 10.6 Å². The zero-order valence-electron chi connectivity index (χ0n) is 16.2.